The van der Waals surface area contributed by atoms with Crippen LogP contribution in [-0.2, 0) is 33.3 Å². The maximum atomic E-state index is 12.8. The maximum Gasteiger partial charge on any atom is 0.306 e. The summed E-state index contributed by atoms with van der Waals surface area (Å²) < 4.78 is 22.5. The van der Waals surface area contributed by atoms with E-state index in [4.69, 9.17) is 18.9 Å². The number of ether oxygens (including phenoxy) is 4. The van der Waals surface area contributed by atoms with Gasteiger partial charge in [-0.25, -0.2) is 0 Å². The number of quaternary nitrogens is 1. The van der Waals surface area contributed by atoms with Crippen LogP contribution < -0.4 is 5.11 Å². The molecule has 9 heteroatoms. The smallest absolute Gasteiger partial charge is 0.306 e. The number of hydrogen-bond acceptors (Lipinski definition) is 8. The first-order valence-electron chi connectivity index (χ1n) is 24.0. The SMILES string of the molecule is CC/C=C\C/C=C\C/C=C\C/C=C\C/C=C\C/C=C\C/C=C\CCCCCC(=O)OC(COC(=O)CCCCCCC/C=C\C/C=C\CCC)COC(OCC[N+](C)(C)C)C(=O)[O-]. The van der Waals surface area contributed by atoms with E-state index < -0.39 is 24.3 Å². The Hall–Kier alpha value is -4.05. The highest BCUT2D eigenvalue weighted by molar-refractivity contribution is 5.70. The second kappa shape index (κ2) is 44.6. The summed E-state index contributed by atoms with van der Waals surface area (Å²) in [4.78, 5) is 37.0. The number of carbonyl (C=O) groups excluding carboxylic acids is 3. The number of aliphatic carboxylic acids is 1. The van der Waals surface area contributed by atoms with E-state index >= 15 is 0 Å². The van der Waals surface area contributed by atoms with E-state index in [0.29, 0.717) is 23.9 Å². The number of allylic oxidation sites excluding steroid dienone is 18. The quantitative estimate of drug-likeness (QED) is 0.0196. The number of hydrogen-bond donors (Lipinski definition) is 0. The fourth-order valence-corrected chi connectivity index (χ4v) is 5.79. The lowest BCUT2D eigenvalue weighted by molar-refractivity contribution is -0.870. The molecule has 0 aromatic carbocycles. The number of likely N-dealkylation sites (N-methyl/N-ethyl adjacent to an activating group) is 1. The van der Waals surface area contributed by atoms with E-state index in [9.17, 15) is 19.5 Å². The van der Waals surface area contributed by atoms with Crippen LogP contribution in [0.3, 0.4) is 0 Å². The van der Waals surface area contributed by atoms with Gasteiger partial charge in [-0.3, -0.25) is 9.59 Å². The maximum absolute atomic E-state index is 12.8. The molecule has 0 spiro atoms. The molecule has 0 N–H and O–H groups in total. The van der Waals surface area contributed by atoms with Gasteiger partial charge in [-0.05, 0) is 96.3 Å². The summed E-state index contributed by atoms with van der Waals surface area (Å²) in [5.41, 5.74) is 0. The Kier molecular flexibility index (Phi) is 41.7. The Morgan fingerprint density at radius 2 is 0.905 bits per heavy atom. The highest BCUT2D eigenvalue weighted by Crippen LogP contribution is 2.11. The zero-order valence-corrected chi connectivity index (χ0v) is 40.1. The molecule has 9 nitrogen and oxygen atoms in total. The summed E-state index contributed by atoms with van der Waals surface area (Å²) in [6.07, 6.45) is 57.0. The monoisotopic (exact) mass is 878 g/mol. The normalized spacial score (nSPS) is 13.9. The number of rotatable bonds is 42. The minimum absolute atomic E-state index is 0.132. The first kappa shape index (κ1) is 58.9. The summed E-state index contributed by atoms with van der Waals surface area (Å²) in [5.74, 6) is -2.37. The number of carbonyl (C=O) groups is 3. The van der Waals surface area contributed by atoms with Gasteiger partial charge in [-0.15, -0.1) is 0 Å². The summed E-state index contributed by atoms with van der Waals surface area (Å²) in [6.45, 7) is 4.47. The second-order valence-corrected chi connectivity index (χ2v) is 16.7. The van der Waals surface area contributed by atoms with Crippen LogP contribution in [0.4, 0.5) is 0 Å². The van der Waals surface area contributed by atoms with Crippen LogP contribution in [0.15, 0.2) is 109 Å². The average molecular weight is 878 g/mol. The molecule has 0 fully saturated rings. The third kappa shape index (κ3) is 45.8. The van der Waals surface area contributed by atoms with Gasteiger partial charge in [0, 0.05) is 12.8 Å². The Balaban J connectivity index is 4.48. The average Bonchev–Trinajstić information content (AvgIpc) is 3.24. The van der Waals surface area contributed by atoms with Gasteiger partial charge in [-0.2, -0.15) is 0 Å². The third-order valence-corrected chi connectivity index (χ3v) is 9.49. The molecular weight excluding hydrogens is 791 g/mol. The van der Waals surface area contributed by atoms with Gasteiger partial charge < -0.3 is 33.3 Å². The van der Waals surface area contributed by atoms with E-state index in [-0.39, 0.29) is 38.6 Å². The Bertz CT molecular complexity index is 1390. The van der Waals surface area contributed by atoms with Crippen LogP contribution in [-0.4, -0.2) is 82.3 Å². The van der Waals surface area contributed by atoms with Gasteiger partial charge in [-0.1, -0.05) is 155 Å². The third-order valence-electron chi connectivity index (χ3n) is 9.49. The lowest BCUT2D eigenvalue weighted by atomic mass is 10.1. The van der Waals surface area contributed by atoms with Crippen molar-refractivity contribution < 1.29 is 42.9 Å². The van der Waals surface area contributed by atoms with Crippen LogP contribution in [0.25, 0.3) is 0 Å². The van der Waals surface area contributed by atoms with Crippen molar-refractivity contribution in [2.24, 2.45) is 0 Å². The van der Waals surface area contributed by atoms with Crippen LogP contribution in [0.5, 0.6) is 0 Å². The van der Waals surface area contributed by atoms with Crippen molar-refractivity contribution in [3.05, 3.63) is 109 Å². The van der Waals surface area contributed by atoms with E-state index in [2.05, 4.69) is 123 Å². The van der Waals surface area contributed by atoms with Gasteiger partial charge in [0.25, 0.3) is 0 Å². The summed E-state index contributed by atoms with van der Waals surface area (Å²) in [5, 5.41) is 11.7. The van der Waals surface area contributed by atoms with Crippen molar-refractivity contribution in [2.75, 3.05) is 47.5 Å². The first-order chi connectivity index (χ1) is 30.6. The van der Waals surface area contributed by atoms with E-state index in [1.807, 2.05) is 21.1 Å². The van der Waals surface area contributed by atoms with Crippen molar-refractivity contribution in [3.8, 4) is 0 Å². The highest BCUT2D eigenvalue weighted by atomic mass is 16.7. The minimum Gasteiger partial charge on any atom is -0.545 e. The second-order valence-electron chi connectivity index (χ2n) is 16.7. The number of nitrogens with zero attached hydrogens (tertiary/aromatic N) is 1. The van der Waals surface area contributed by atoms with Crippen LogP contribution in [0, 0.1) is 0 Å². The van der Waals surface area contributed by atoms with Crippen molar-refractivity contribution in [3.63, 3.8) is 0 Å². The standard InChI is InChI=1S/C54H87NO8/c1-6-8-10-12-14-16-18-20-21-22-23-24-25-26-27-28-29-30-31-33-35-37-39-41-43-45-52(57)63-50(49-62-54(53(58)59)60-47-46-55(3,4)5)48-61-51(56)44-42-40-38-36-34-32-19-17-15-13-11-9-7-2/h8,10-11,13-14,16-17,19-21,23-24,26-27,29-30,33,35,50,54H,6-7,9,12,15,18,22,25,28,31-32,34,36-49H2,1-5H3/b10-8-,13-11-,16-14-,19-17-,21-20-,24-23-,27-26-,30-29-,35-33-. The Labute approximate surface area is 384 Å². The van der Waals surface area contributed by atoms with Crippen molar-refractivity contribution in [1.82, 2.24) is 0 Å². The number of carboxylic acid groups (broad SMARTS) is 1. The lowest BCUT2D eigenvalue weighted by Gasteiger charge is -2.26. The Morgan fingerprint density at radius 1 is 0.492 bits per heavy atom. The fraction of sp³-hybridized carbons (Fsp3) is 0.611. The van der Waals surface area contributed by atoms with Gasteiger partial charge in [0.2, 0.25) is 0 Å². The summed E-state index contributed by atoms with van der Waals surface area (Å²) in [7, 11) is 5.88. The molecule has 0 aliphatic heterocycles. The van der Waals surface area contributed by atoms with E-state index in [1.165, 1.54) is 6.42 Å². The van der Waals surface area contributed by atoms with Gasteiger partial charge in [0.1, 0.15) is 13.2 Å². The van der Waals surface area contributed by atoms with Crippen LogP contribution in [0.1, 0.15) is 155 Å². The molecule has 0 aromatic heterocycles. The molecule has 63 heavy (non-hydrogen) atoms. The summed E-state index contributed by atoms with van der Waals surface area (Å²) in [6, 6.07) is 0. The van der Waals surface area contributed by atoms with Gasteiger partial charge in [0.05, 0.1) is 40.3 Å². The molecule has 0 aliphatic rings. The zero-order chi connectivity index (χ0) is 46.3. The molecule has 0 aliphatic carbocycles. The van der Waals surface area contributed by atoms with Crippen molar-refractivity contribution >= 4 is 17.9 Å². The van der Waals surface area contributed by atoms with Crippen LogP contribution in [0.2, 0.25) is 0 Å². The molecule has 0 saturated heterocycles. The number of unbranched alkanes of at least 4 members (excludes halogenated alkanes) is 9. The molecule has 0 radical (unpaired) electrons. The molecule has 0 aromatic rings. The molecular formula is C54H87NO8. The van der Waals surface area contributed by atoms with Gasteiger partial charge in [0.15, 0.2) is 12.4 Å². The predicted octanol–water partition coefficient (Wildman–Crippen LogP) is 11.9. The number of carboxylic acids is 1. The highest BCUT2D eigenvalue weighted by Gasteiger charge is 2.21. The molecule has 2 atom stereocenters. The molecule has 0 rings (SSSR count). The zero-order valence-electron chi connectivity index (χ0n) is 40.1. The molecule has 2 unspecified atom stereocenters. The topological polar surface area (TPSA) is 111 Å². The molecule has 356 valence electrons. The molecule has 0 amide bonds. The molecule has 0 bridgehead atoms. The lowest BCUT2D eigenvalue weighted by Crippen LogP contribution is -2.44. The molecule has 0 heterocycles. The molecule has 0 saturated carbocycles. The van der Waals surface area contributed by atoms with Crippen LogP contribution >= 0.6 is 0 Å². The summed E-state index contributed by atoms with van der Waals surface area (Å²) >= 11 is 0. The largest absolute Gasteiger partial charge is 0.545 e. The van der Waals surface area contributed by atoms with Crippen molar-refractivity contribution in [1.29, 1.82) is 0 Å². The Morgan fingerprint density at radius 3 is 1.37 bits per heavy atom. The fourth-order valence-electron chi connectivity index (χ4n) is 5.79. The minimum atomic E-state index is -1.64. The van der Waals surface area contributed by atoms with E-state index in [1.54, 1.807) is 0 Å². The number of esters is 2. The predicted molar refractivity (Wildman–Crippen MR) is 260 cm³/mol. The van der Waals surface area contributed by atoms with E-state index in [0.717, 1.165) is 109 Å². The van der Waals surface area contributed by atoms with Crippen molar-refractivity contribution in [2.45, 2.75) is 167 Å². The first-order valence-corrected chi connectivity index (χ1v) is 24.0. The van der Waals surface area contributed by atoms with Gasteiger partial charge >= 0.3 is 11.9 Å².